The van der Waals surface area contributed by atoms with E-state index in [0.717, 1.165) is 24.1 Å². The Bertz CT molecular complexity index is 669. The van der Waals surface area contributed by atoms with E-state index in [2.05, 4.69) is 26.6 Å². The maximum absolute atomic E-state index is 13.8. The molecule has 1 unspecified atom stereocenters. The van der Waals surface area contributed by atoms with Crippen LogP contribution in [0.1, 0.15) is 17.2 Å². The smallest absolute Gasteiger partial charge is 0.246 e. The van der Waals surface area contributed by atoms with Crippen molar-refractivity contribution < 1.29 is 9.18 Å². The molecule has 3 rings (SSSR count). The number of para-hydroxylation sites is 1. The average Bonchev–Trinajstić information content (AvgIpc) is 2.50. The van der Waals surface area contributed by atoms with Gasteiger partial charge in [0.25, 0.3) is 0 Å². The SMILES string of the molecule is O=C(Nc1c(F)cccc1Br)C1NCCc2ccccc21. The third-order valence-corrected chi connectivity index (χ3v) is 4.24. The first-order valence-electron chi connectivity index (χ1n) is 6.73. The van der Waals surface area contributed by atoms with Crippen molar-refractivity contribution in [2.24, 2.45) is 0 Å². The molecule has 0 bridgehead atoms. The zero-order valence-electron chi connectivity index (χ0n) is 11.2. The lowest BCUT2D eigenvalue weighted by atomic mass is 9.94. The molecule has 1 amide bonds. The number of halogens is 2. The van der Waals surface area contributed by atoms with Crippen LogP contribution in [-0.4, -0.2) is 12.5 Å². The minimum atomic E-state index is -0.457. The normalized spacial score (nSPS) is 17.1. The quantitative estimate of drug-likeness (QED) is 0.873. The van der Waals surface area contributed by atoms with Crippen LogP contribution in [-0.2, 0) is 11.2 Å². The number of rotatable bonds is 2. The van der Waals surface area contributed by atoms with Crippen LogP contribution in [0.15, 0.2) is 46.9 Å². The molecule has 1 heterocycles. The molecule has 0 radical (unpaired) electrons. The second-order valence-electron chi connectivity index (χ2n) is 4.92. The predicted octanol–water partition coefficient (Wildman–Crippen LogP) is 3.41. The van der Waals surface area contributed by atoms with Gasteiger partial charge >= 0.3 is 0 Å². The summed E-state index contributed by atoms with van der Waals surface area (Å²) in [4.78, 5) is 12.5. The van der Waals surface area contributed by atoms with E-state index < -0.39 is 11.9 Å². The van der Waals surface area contributed by atoms with Crippen LogP contribution in [0.25, 0.3) is 0 Å². The number of anilines is 1. The Morgan fingerprint density at radius 1 is 1.24 bits per heavy atom. The fourth-order valence-corrected chi connectivity index (χ4v) is 2.99. The van der Waals surface area contributed by atoms with Gasteiger partial charge in [-0.05, 0) is 45.6 Å². The monoisotopic (exact) mass is 348 g/mol. The minimum absolute atomic E-state index is 0.173. The van der Waals surface area contributed by atoms with Crippen LogP contribution in [0.2, 0.25) is 0 Å². The zero-order chi connectivity index (χ0) is 14.8. The number of hydrogen-bond donors (Lipinski definition) is 2. The van der Waals surface area contributed by atoms with Crippen LogP contribution in [0.5, 0.6) is 0 Å². The summed E-state index contributed by atoms with van der Waals surface area (Å²) in [5.41, 5.74) is 2.28. The summed E-state index contributed by atoms with van der Waals surface area (Å²) in [5.74, 6) is -0.713. The number of amides is 1. The highest BCUT2D eigenvalue weighted by Crippen LogP contribution is 2.28. The average molecular weight is 349 g/mol. The molecule has 3 nitrogen and oxygen atoms in total. The molecule has 21 heavy (non-hydrogen) atoms. The Kier molecular flexibility index (Phi) is 4.03. The highest BCUT2D eigenvalue weighted by atomic mass is 79.9. The standard InChI is InChI=1S/C16H14BrFN2O/c17-12-6-3-7-13(18)15(12)20-16(21)14-11-5-2-1-4-10(11)8-9-19-14/h1-7,14,19H,8-9H2,(H,20,21). The van der Waals surface area contributed by atoms with Crippen LogP contribution in [0.4, 0.5) is 10.1 Å². The Balaban J connectivity index is 1.87. The predicted molar refractivity (Wildman–Crippen MR) is 83.6 cm³/mol. The van der Waals surface area contributed by atoms with E-state index in [4.69, 9.17) is 0 Å². The summed E-state index contributed by atoms with van der Waals surface area (Å²) in [6.45, 7) is 0.730. The molecule has 2 aromatic carbocycles. The van der Waals surface area contributed by atoms with E-state index >= 15 is 0 Å². The first-order valence-corrected chi connectivity index (χ1v) is 7.52. The summed E-state index contributed by atoms with van der Waals surface area (Å²) in [7, 11) is 0. The maximum Gasteiger partial charge on any atom is 0.246 e. The highest BCUT2D eigenvalue weighted by Gasteiger charge is 2.26. The van der Waals surface area contributed by atoms with Gasteiger partial charge in [0.15, 0.2) is 0 Å². The van der Waals surface area contributed by atoms with Gasteiger partial charge in [-0.15, -0.1) is 0 Å². The van der Waals surface area contributed by atoms with Crippen molar-refractivity contribution in [3.05, 3.63) is 63.9 Å². The van der Waals surface area contributed by atoms with E-state index in [-0.39, 0.29) is 11.6 Å². The number of carbonyl (C=O) groups excluding carboxylic acids is 1. The molecule has 1 aliphatic rings. The summed E-state index contributed by atoms with van der Waals surface area (Å²) in [6.07, 6.45) is 0.892. The van der Waals surface area contributed by atoms with E-state index in [1.54, 1.807) is 12.1 Å². The van der Waals surface area contributed by atoms with Gasteiger partial charge in [-0.1, -0.05) is 30.3 Å². The Morgan fingerprint density at radius 2 is 2.05 bits per heavy atom. The van der Waals surface area contributed by atoms with E-state index in [1.807, 2.05) is 24.3 Å². The molecule has 1 atom stereocenters. The molecule has 0 spiro atoms. The molecule has 2 N–H and O–H groups in total. The van der Waals surface area contributed by atoms with Crippen molar-refractivity contribution in [2.45, 2.75) is 12.5 Å². The fraction of sp³-hybridized carbons (Fsp3) is 0.188. The first kappa shape index (κ1) is 14.2. The van der Waals surface area contributed by atoms with Gasteiger partial charge in [0, 0.05) is 11.0 Å². The van der Waals surface area contributed by atoms with Crippen molar-refractivity contribution in [3.8, 4) is 0 Å². The van der Waals surface area contributed by atoms with Crippen molar-refractivity contribution in [2.75, 3.05) is 11.9 Å². The van der Waals surface area contributed by atoms with Crippen LogP contribution in [0.3, 0.4) is 0 Å². The minimum Gasteiger partial charge on any atom is -0.321 e. The van der Waals surface area contributed by atoms with Gasteiger partial charge in [0.1, 0.15) is 11.9 Å². The molecule has 0 saturated heterocycles. The lowest BCUT2D eigenvalue weighted by Gasteiger charge is -2.26. The van der Waals surface area contributed by atoms with Gasteiger partial charge in [-0.2, -0.15) is 0 Å². The molecule has 5 heteroatoms. The highest BCUT2D eigenvalue weighted by molar-refractivity contribution is 9.10. The first-order chi connectivity index (χ1) is 10.2. The van der Waals surface area contributed by atoms with Crippen molar-refractivity contribution in [1.82, 2.24) is 5.32 Å². The molecular formula is C16H14BrFN2O. The number of carbonyl (C=O) groups is 1. The van der Waals surface area contributed by atoms with Crippen molar-refractivity contribution in [3.63, 3.8) is 0 Å². The summed E-state index contributed by atoms with van der Waals surface area (Å²) < 4.78 is 14.3. The second kappa shape index (κ2) is 5.95. The Morgan fingerprint density at radius 3 is 2.86 bits per heavy atom. The number of nitrogens with one attached hydrogen (secondary N) is 2. The van der Waals surface area contributed by atoms with Gasteiger partial charge in [0.2, 0.25) is 5.91 Å². The van der Waals surface area contributed by atoms with E-state index in [1.165, 1.54) is 6.07 Å². The van der Waals surface area contributed by atoms with Crippen molar-refractivity contribution in [1.29, 1.82) is 0 Å². The molecule has 108 valence electrons. The van der Waals surface area contributed by atoms with E-state index in [0.29, 0.717) is 4.47 Å². The molecular weight excluding hydrogens is 335 g/mol. The topological polar surface area (TPSA) is 41.1 Å². The Hall–Kier alpha value is -1.72. The zero-order valence-corrected chi connectivity index (χ0v) is 12.8. The van der Waals surface area contributed by atoms with Gasteiger partial charge in [0.05, 0.1) is 5.69 Å². The molecule has 0 fully saturated rings. The molecule has 0 aliphatic carbocycles. The van der Waals surface area contributed by atoms with Gasteiger partial charge in [-0.25, -0.2) is 4.39 Å². The Labute approximate surface area is 130 Å². The number of fused-ring (bicyclic) bond motifs is 1. The van der Waals surface area contributed by atoms with Gasteiger partial charge in [-0.3, -0.25) is 4.79 Å². The van der Waals surface area contributed by atoms with Crippen LogP contribution in [0, 0.1) is 5.82 Å². The lowest BCUT2D eigenvalue weighted by Crippen LogP contribution is -2.38. The third kappa shape index (κ3) is 2.84. The third-order valence-electron chi connectivity index (χ3n) is 3.58. The van der Waals surface area contributed by atoms with E-state index in [9.17, 15) is 9.18 Å². The summed E-state index contributed by atoms with van der Waals surface area (Å²) >= 11 is 3.26. The maximum atomic E-state index is 13.8. The lowest BCUT2D eigenvalue weighted by molar-refractivity contribution is -0.118. The summed E-state index contributed by atoms with van der Waals surface area (Å²) in [6, 6.07) is 12.0. The number of benzene rings is 2. The second-order valence-corrected chi connectivity index (χ2v) is 5.78. The molecule has 0 saturated carbocycles. The molecule has 2 aromatic rings. The largest absolute Gasteiger partial charge is 0.321 e. The van der Waals surface area contributed by atoms with Crippen LogP contribution < -0.4 is 10.6 Å². The fourth-order valence-electron chi connectivity index (χ4n) is 2.55. The van der Waals surface area contributed by atoms with Gasteiger partial charge < -0.3 is 10.6 Å². The van der Waals surface area contributed by atoms with Crippen molar-refractivity contribution >= 4 is 27.5 Å². The molecule has 0 aromatic heterocycles. The van der Waals surface area contributed by atoms with Crippen LogP contribution >= 0.6 is 15.9 Å². The molecule has 1 aliphatic heterocycles. The summed E-state index contributed by atoms with van der Waals surface area (Å²) in [5, 5.41) is 5.85. The number of hydrogen-bond acceptors (Lipinski definition) is 2.